The molecule has 11 heteroatoms. The molecule has 1 aromatic heterocycles. The fourth-order valence-electron chi connectivity index (χ4n) is 4.29. The van der Waals surface area contributed by atoms with Crippen LogP contribution >= 0.6 is 0 Å². The lowest BCUT2D eigenvalue weighted by Crippen LogP contribution is -2.30. The van der Waals surface area contributed by atoms with Gasteiger partial charge in [0.2, 0.25) is 0 Å². The van der Waals surface area contributed by atoms with Crippen LogP contribution in [-0.4, -0.2) is 52.4 Å². The van der Waals surface area contributed by atoms with Crippen molar-refractivity contribution in [3.8, 4) is 5.75 Å². The molecule has 0 saturated carbocycles. The number of nitrogens with zero attached hydrogens (tertiary/aromatic N) is 4. The molecule has 7 nitrogen and oxygen atoms in total. The number of hydrogen-bond acceptors (Lipinski definition) is 6. The minimum atomic E-state index is -4.43. The number of hydrogen-bond donors (Lipinski definition) is 1. The summed E-state index contributed by atoms with van der Waals surface area (Å²) in [7, 11) is 0.395. The predicted molar refractivity (Wildman–Crippen MR) is 133 cm³/mol. The van der Waals surface area contributed by atoms with Crippen LogP contribution in [0.5, 0.6) is 5.75 Å². The second kappa shape index (κ2) is 9.90. The Morgan fingerprint density at radius 1 is 1.08 bits per heavy atom. The Hall–Kier alpha value is -3.44. The van der Waals surface area contributed by atoms with E-state index in [0.29, 0.717) is 59.5 Å². The summed E-state index contributed by atoms with van der Waals surface area (Å²) >= 11 is 0. The summed E-state index contributed by atoms with van der Waals surface area (Å²) in [5.41, 5.74) is 2.20. The zero-order chi connectivity index (χ0) is 25.3. The number of benzene rings is 2. The summed E-state index contributed by atoms with van der Waals surface area (Å²) in [5, 5.41) is 0. The molecular formula is C25H24F3N5O2S. The molecule has 0 spiro atoms. The number of aromatic nitrogens is 2. The molecule has 5 rings (SSSR count). The molecule has 3 aromatic rings. The van der Waals surface area contributed by atoms with Crippen molar-refractivity contribution in [3.63, 3.8) is 0 Å². The molecule has 36 heavy (non-hydrogen) atoms. The summed E-state index contributed by atoms with van der Waals surface area (Å²) in [5.74, 6) is 0.934. The maximum atomic E-state index is 13.6. The van der Waals surface area contributed by atoms with E-state index < -0.39 is 22.7 Å². The van der Waals surface area contributed by atoms with Crippen LogP contribution in [0.1, 0.15) is 17.5 Å². The molecule has 1 unspecified atom stereocenters. The van der Waals surface area contributed by atoms with Gasteiger partial charge >= 0.3 is 6.18 Å². The Morgan fingerprint density at radius 2 is 1.92 bits per heavy atom. The van der Waals surface area contributed by atoms with Crippen molar-refractivity contribution >= 4 is 33.8 Å². The van der Waals surface area contributed by atoms with Crippen molar-refractivity contribution in [2.45, 2.75) is 17.5 Å². The average molecular weight is 516 g/mol. The second-order valence-electron chi connectivity index (χ2n) is 8.57. The second-order valence-corrected chi connectivity index (χ2v) is 9.78. The van der Waals surface area contributed by atoms with Crippen molar-refractivity contribution in [2.24, 2.45) is 0 Å². The van der Waals surface area contributed by atoms with Crippen molar-refractivity contribution in [3.05, 3.63) is 72.2 Å². The van der Waals surface area contributed by atoms with Crippen molar-refractivity contribution < 1.29 is 22.1 Å². The first kappa shape index (κ1) is 24.3. The molecule has 1 N–H and O–H groups in total. The number of likely N-dealkylation sites (N-methyl/N-ethyl adjacent to an activating group) is 1. The molecule has 2 aliphatic rings. The first-order valence-corrected chi connectivity index (χ1v) is 12.5. The third kappa shape index (κ3) is 5.07. The van der Waals surface area contributed by atoms with Crippen LogP contribution in [0.3, 0.4) is 0 Å². The number of rotatable bonds is 5. The Bertz CT molecular complexity index is 1320. The lowest BCUT2D eigenvalue weighted by atomic mass is 9.95. The normalized spacial score (nSPS) is 17.1. The first-order valence-electron chi connectivity index (χ1n) is 11.4. The van der Waals surface area contributed by atoms with Gasteiger partial charge in [0.1, 0.15) is 24.5 Å². The van der Waals surface area contributed by atoms with Gasteiger partial charge in [-0.1, -0.05) is 6.08 Å². The number of alkyl halides is 3. The summed E-state index contributed by atoms with van der Waals surface area (Å²) in [6, 6.07) is 10.7. The van der Waals surface area contributed by atoms with E-state index >= 15 is 0 Å². The average Bonchev–Trinajstić information content (AvgIpc) is 2.88. The number of anilines is 3. The van der Waals surface area contributed by atoms with Gasteiger partial charge in [0, 0.05) is 36.6 Å². The SMILES string of the molecule is CN1CC=C(c2cc(C(F)(F)F)ccc2N2CCOc3cc(S(=O)Nc4ccncn4)ccc32)CC1. The van der Waals surface area contributed by atoms with Crippen LogP contribution in [0.15, 0.2) is 66.0 Å². The van der Waals surface area contributed by atoms with Gasteiger partial charge in [-0.15, -0.1) is 0 Å². The van der Waals surface area contributed by atoms with Gasteiger partial charge in [0.05, 0.1) is 22.7 Å². The zero-order valence-electron chi connectivity index (χ0n) is 19.5. The molecule has 3 heterocycles. The molecule has 0 bridgehead atoms. The highest BCUT2D eigenvalue weighted by Gasteiger charge is 2.33. The van der Waals surface area contributed by atoms with E-state index in [-0.39, 0.29) is 0 Å². The summed E-state index contributed by atoms with van der Waals surface area (Å²) in [4.78, 5) is 12.4. The maximum absolute atomic E-state index is 13.6. The Kier molecular flexibility index (Phi) is 6.67. The standard InChI is InChI=1S/C25H24F3N5O2S/c1-32-10-7-17(8-11-32)20-14-18(25(26,27)28)2-4-21(20)33-12-13-35-23-15-19(3-5-22(23)33)36(34)31-24-6-9-29-16-30-24/h2-7,9,14-16H,8,10-13H2,1H3,(H,29,30,31). The smallest absolute Gasteiger partial charge is 0.416 e. The molecule has 2 aromatic carbocycles. The molecule has 0 radical (unpaired) electrons. The van der Waals surface area contributed by atoms with Crippen LogP contribution in [0, 0.1) is 0 Å². The van der Waals surface area contributed by atoms with Crippen molar-refractivity contribution in [2.75, 3.05) is 42.9 Å². The van der Waals surface area contributed by atoms with Crippen LogP contribution in [0.4, 0.5) is 30.4 Å². The molecule has 0 fully saturated rings. The monoisotopic (exact) mass is 515 g/mol. The van der Waals surface area contributed by atoms with Crippen LogP contribution in [-0.2, 0) is 17.2 Å². The van der Waals surface area contributed by atoms with Gasteiger partial charge in [0.25, 0.3) is 0 Å². The highest BCUT2D eigenvalue weighted by molar-refractivity contribution is 7.86. The third-order valence-electron chi connectivity index (χ3n) is 6.16. The minimum absolute atomic E-state index is 0.338. The van der Waals surface area contributed by atoms with E-state index in [1.165, 1.54) is 18.5 Å². The van der Waals surface area contributed by atoms with Crippen LogP contribution in [0.2, 0.25) is 0 Å². The molecular weight excluding hydrogens is 491 g/mol. The molecule has 0 aliphatic carbocycles. The zero-order valence-corrected chi connectivity index (χ0v) is 20.3. The molecule has 188 valence electrons. The number of fused-ring (bicyclic) bond motifs is 1. The largest absolute Gasteiger partial charge is 0.489 e. The van der Waals surface area contributed by atoms with Crippen LogP contribution < -0.4 is 14.4 Å². The molecule has 2 aliphatic heterocycles. The topological polar surface area (TPSA) is 70.6 Å². The predicted octanol–water partition coefficient (Wildman–Crippen LogP) is 4.88. The molecule has 1 atom stereocenters. The maximum Gasteiger partial charge on any atom is 0.416 e. The highest BCUT2D eigenvalue weighted by atomic mass is 32.2. The van der Waals surface area contributed by atoms with E-state index in [0.717, 1.165) is 18.2 Å². The number of ether oxygens (including phenoxy) is 1. The van der Waals surface area contributed by atoms with E-state index in [4.69, 9.17) is 4.74 Å². The van der Waals surface area contributed by atoms with Crippen molar-refractivity contribution in [1.29, 1.82) is 0 Å². The summed E-state index contributed by atoms with van der Waals surface area (Å²) in [6.45, 7) is 2.26. The van der Waals surface area contributed by atoms with E-state index in [9.17, 15) is 17.4 Å². The first-order chi connectivity index (χ1) is 17.3. The van der Waals surface area contributed by atoms with Gasteiger partial charge in [0.15, 0.2) is 11.0 Å². The van der Waals surface area contributed by atoms with Gasteiger partial charge in [-0.2, -0.15) is 13.2 Å². The number of nitrogens with one attached hydrogen (secondary N) is 1. The third-order valence-corrected chi connectivity index (χ3v) is 7.24. The van der Waals surface area contributed by atoms with Gasteiger partial charge in [-0.3, -0.25) is 4.72 Å². The lowest BCUT2D eigenvalue weighted by molar-refractivity contribution is -0.137. The summed E-state index contributed by atoms with van der Waals surface area (Å²) < 4.78 is 62.3. The van der Waals surface area contributed by atoms with Gasteiger partial charge < -0.3 is 14.5 Å². The minimum Gasteiger partial charge on any atom is -0.489 e. The molecule has 0 amide bonds. The lowest BCUT2D eigenvalue weighted by Gasteiger charge is -2.34. The fraction of sp³-hybridized carbons (Fsp3) is 0.280. The van der Waals surface area contributed by atoms with Gasteiger partial charge in [-0.05, 0) is 55.4 Å². The number of halogens is 3. The quantitative estimate of drug-likeness (QED) is 0.523. The fourth-order valence-corrected chi connectivity index (χ4v) is 5.13. The van der Waals surface area contributed by atoms with E-state index in [1.54, 1.807) is 30.5 Å². The Morgan fingerprint density at radius 3 is 2.64 bits per heavy atom. The molecule has 0 saturated heterocycles. The Labute approximate surface area is 209 Å². The highest BCUT2D eigenvalue weighted by Crippen LogP contribution is 2.43. The Balaban J connectivity index is 1.50. The van der Waals surface area contributed by atoms with E-state index in [2.05, 4.69) is 19.6 Å². The van der Waals surface area contributed by atoms with E-state index in [1.807, 2.05) is 18.0 Å². The van der Waals surface area contributed by atoms with Crippen LogP contribution in [0.25, 0.3) is 5.57 Å². The van der Waals surface area contributed by atoms with Gasteiger partial charge in [-0.25, -0.2) is 14.2 Å². The van der Waals surface area contributed by atoms with Crippen molar-refractivity contribution in [1.82, 2.24) is 14.9 Å². The summed E-state index contributed by atoms with van der Waals surface area (Å²) in [6.07, 6.45) is 1.12.